The molecule has 1 amide bonds. The van der Waals surface area contributed by atoms with Gasteiger partial charge in [-0.05, 0) is 31.4 Å². The SMILES string of the molecule is Cc1cccc(C(=O)N2CC3CC3(N)C2)n1. The number of aryl methyl sites for hydroxylation is 1. The molecule has 1 aliphatic heterocycles. The number of amides is 1. The number of pyridine rings is 1. The summed E-state index contributed by atoms with van der Waals surface area (Å²) in [5.74, 6) is 0.530. The van der Waals surface area contributed by atoms with Crippen LogP contribution in [0.15, 0.2) is 18.2 Å². The van der Waals surface area contributed by atoms with Crippen molar-refractivity contribution in [1.82, 2.24) is 9.88 Å². The van der Waals surface area contributed by atoms with Crippen LogP contribution in [-0.2, 0) is 0 Å². The van der Waals surface area contributed by atoms with Crippen LogP contribution in [0.25, 0.3) is 0 Å². The lowest BCUT2D eigenvalue weighted by Gasteiger charge is -2.18. The maximum Gasteiger partial charge on any atom is 0.272 e. The first-order chi connectivity index (χ1) is 7.58. The van der Waals surface area contributed by atoms with E-state index in [0.717, 1.165) is 18.7 Å². The van der Waals surface area contributed by atoms with Gasteiger partial charge < -0.3 is 10.6 Å². The highest BCUT2D eigenvalue weighted by molar-refractivity contribution is 5.92. The number of carbonyl (C=O) groups is 1. The summed E-state index contributed by atoms with van der Waals surface area (Å²) in [7, 11) is 0. The van der Waals surface area contributed by atoms with E-state index in [4.69, 9.17) is 5.73 Å². The number of nitrogens with two attached hydrogens (primary N) is 1. The molecule has 1 saturated heterocycles. The van der Waals surface area contributed by atoms with E-state index in [2.05, 4.69) is 4.98 Å². The predicted octanol–water partition coefficient (Wildman–Crippen LogP) is 0.563. The monoisotopic (exact) mass is 217 g/mol. The molecule has 0 aromatic carbocycles. The molecule has 2 unspecified atom stereocenters. The third-order valence-corrected chi connectivity index (χ3v) is 3.60. The molecule has 0 bridgehead atoms. The number of fused-ring (bicyclic) bond motifs is 1. The van der Waals surface area contributed by atoms with Crippen LogP contribution in [0.4, 0.5) is 0 Å². The molecule has 1 saturated carbocycles. The summed E-state index contributed by atoms with van der Waals surface area (Å²) in [6.45, 7) is 3.37. The van der Waals surface area contributed by atoms with E-state index in [1.54, 1.807) is 6.07 Å². The number of nitrogens with zero attached hydrogens (tertiary/aromatic N) is 2. The standard InChI is InChI=1S/C12H15N3O/c1-8-3-2-4-10(14-8)11(16)15-6-9-5-12(9,13)7-15/h2-4,9H,5-7,13H2,1H3. The predicted molar refractivity (Wildman–Crippen MR) is 59.9 cm³/mol. The van der Waals surface area contributed by atoms with Crippen molar-refractivity contribution in [1.29, 1.82) is 0 Å². The van der Waals surface area contributed by atoms with Gasteiger partial charge in [0.15, 0.2) is 0 Å². The highest BCUT2D eigenvalue weighted by atomic mass is 16.2. The van der Waals surface area contributed by atoms with Crippen LogP contribution in [0.1, 0.15) is 22.6 Å². The second-order valence-electron chi connectivity index (χ2n) is 4.98. The number of piperidine rings is 1. The molecule has 4 nitrogen and oxygen atoms in total. The van der Waals surface area contributed by atoms with Gasteiger partial charge in [-0.2, -0.15) is 0 Å². The van der Waals surface area contributed by atoms with Gasteiger partial charge in [0.1, 0.15) is 5.69 Å². The van der Waals surface area contributed by atoms with Crippen molar-refractivity contribution in [3.05, 3.63) is 29.6 Å². The first kappa shape index (κ1) is 9.78. The maximum absolute atomic E-state index is 12.1. The van der Waals surface area contributed by atoms with Gasteiger partial charge in [-0.25, -0.2) is 4.98 Å². The second kappa shape index (κ2) is 3.04. The fraction of sp³-hybridized carbons (Fsp3) is 0.500. The van der Waals surface area contributed by atoms with Gasteiger partial charge in [0, 0.05) is 24.3 Å². The Morgan fingerprint density at radius 1 is 1.62 bits per heavy atom. The van der Waals surface area contributed by atoms with Crippen molar-refractivity contribution >= 4 is 5.91 Å². The van der Waals surface area contributed by atoms with Gasteiger partial charge >= 0.3 is 0 Å². The van der Waals surface area contributed by atoms with Crippen molar-refractivity contribution in [3.63, 3.8) is 0 Å². The van der Waals surface area contributed by atoms with E-state index >= 15 is 0 Å². The van der Waals surface area contributed by atoms with Crippen molar-refractivity contribution in [3.8, 4) is 0 Å². The summed E-state index contributed by atoms with van der Waals surface area (Å²) in [5, 5.41) is 0. The molecule has 2 N–H and O–H groups in total. The van der Waals surface area contributed by atoms with Crippen molar-refractivity contribution in [2.24, 2.45) is 11.7 Å². The summed E-state index contributed by atoms with van der Waals surface area (Å²) in [6, 6.07) is 5.52. The molecule has 1 aromatic heterocycles. The largest absolute Gasteiger partial charge is 0.335 e. The van der Waals surface area contributed by atoms with Crippen LogP contribution in [0.5, 0.6) is 0 Å². The minimum absolute atomic E-state index is 0.0146. The van der Waals surface area contributed by atoms with Gasteiger partial charge in [-0.15, -0.1) is 0 Å². The van der Waals surface area contributed by atoms with Crippen LogP contribution >= 0.6 is 0 Å². The lowest BCUT2D eigenvalue weighted by atomic mass is 10.2. The van der Waals surface area contributed by atoms with Crippen molar-refractivity contribution < 1.29 is 4.79 Å². The summed E-state index contributed by atoms with van der Waals surface area (Å²) >= 11 is 0. The molecule has 4 heteroatoms. The number of hydrogen-bond donors (Lipinski definition) is 1. The minimum Gasteiger partial charge on any atom is -0.335 e. The van der Waals surface area contributed by atoms with E-state index in [-0.39, 0.29) is 11.4 Å². The molecule has 2 aliphatic rings. The fourth-order valence-corrected chi connectivity index (χ4v) is 2.50. The number of likely N-dealkylation sites (tertiary alicyclic amines) is 1. The van der Waals surface area contributed by atoms with Crippen LogP contribution < -0.4 is 5.73 Å². The van der Waals surface area contributed by atoms with Crippen LogP contribution in [0.2, 0.25) is 0 Å². The van der Waals surface area contributed by atoms with Crippen molar-refractivity contribution in [2.75, 3.05) is 13.1 Å². The topological polar surface area (TPSA) is 59.2 Å². The number of carbonyl (C=O) groups excluding carboxylic acids is 1. The third kappa shape index (κ3) is 1.41. The first-order valence-corrected chi connectivity index (χ1v) is 5.60. The lowest BCUT2D eigenvalue weighted by molar-refractivity contribution is 0.0766. The molecular weight excluding hydrogens is 202 g/mol. The van der Waals surface area contributed by atoms with Gasteiger partial charge in [0.2, 0.25) is 0 Å². The Labute approximate surface area is 94.5 Å². The van der Waals surface area contributed by atoms with E-state index in [0.29, 0.717) is 18.2 Å². The molecule has 2 heterocycles. The van der Waals surface area contributed by atoms with Gasteiger partial charge in [0.25, 0.3) is 5.91 Å². The quantitative estimate of drug-likeness (QED) is 0.748. The Bertz CT molecular complexity index is 459. The molecule has 2 atom stereocenters. The zero-order chi connectivity index (χ0) is 11.3. The number of rotatable bonds is 1. The van der Waals surface area contributed by atoms with E-state index in [1.165, 1.54) is 0 Å². The van der Waals surface area contributed by atoms with Gasteiger partial charge in [-0.3, -0.25) is 4.79 Å². The van der Waals surface area contributed by atoms with E-state index < -0.39 is 0 Å². The fourth-order valence-electron chi connectivity index (χ4n) is 2.50. The maximum atomic E-state index is 12.1. The summed E-state index contributed by atoms with van der Waals surface area (Å²) < 4.78 is 0. The Morgan fingerprint density at radius 3 is 3.06 bits per heavy atom. The normalized spacial score (nSPS) is 31.4. The van der Waals surface area contributed by atoms with Gasteiger partial charge in [0.05, 0.1) is 0 Å². The average molecular weight is 217 g/mol. The minimum atomic E-state index is -0.0838. The first-order valence-electron chi connectivity index (χ1n) is 5.60. The molecule has 2 fully saturated rings. The number of aromatic nitrogens is 1. The summed E-state index contributed by atoms with van der Waals surface area (Å²) in [6.07, 6.45) is 1.07. The Hall–Kier alpha value is -1.42. The molecule has 84 valence electrons. The van der Waals surface area contributed by atoms with E-state index in [1.807, 2.05) is 24.0 Å². The third-order valence-electron chi connectivity index (χ3n) is 3.60. The zero-order valence-electron chi connectivity index (χ0n) is 9.31. The molecule has 0 spiro atoms. The molecule has 3 rings (SSSR count). The van der Waals surface area contributed by atoms with Crippen molar-refractivity contribution in [2.45, 2.75) is 18.9 Å². The van der Waals surface area contributed by atoms with Gasteiger partial charge in [-0.1, -0.05) is 6.07 Å². The van der Waals surface area contributed by atoms with Crippen LogP contribution in [0.3, 0.4) is 0 Å². The molecule has 1 aromatic rings. The van der Waals surface area contributed by atoms with Crippen LogP contribution in [-0.4, -0.2) is 34.4 Å². The summed E-state index contributed by atoms with van der Waals surface area (Å²) in [4.78, 5) is 18.2. The highest BCUT2D eigenvalue weighted by Crippen LogP contribution is 2.47. The lowest BCUT2D eigenvalue weighted by Crippen LogP contribution is -2.37. The molecule has 0 radical (unpaired) electrons. The molecule has 1 aliphatic carbocycles. The highest BCUT2D eigenvalue weighted by Gasteiger charge is 2.58. The Morgan fingerprint density at radius 2 is 2.44 bits per heavy atom. The number of hydrogen-bond acceptors (Lipinski definition) is 3. The second-order valence-corrected chi connectivity index (χ2v) is 4.98. The summed E-state index contributed by atoms with van der Waals surface area (Å²) in [5.41, 5.74) is 7.40. The van der Waals surface area contributed by atoms with E-state index in [9.17, 15) is 4.79 Å². The Kier molecular flexibility index (Phi) is 1.86. The Balaban J connectivity index is 1.79. The molecular formula is C12H15N3O. The van der Waals surface area contributed by atoms with Crippen LogP contribution in [0, 0.1) is 12.8 Å². The zero-order valence-corrected chi connectivity index (χ0v) is 9.31. The molecule has 16 heavy (non-hydrogen) atoms. The average Bonchev–Trinajstić information content (AvgIpc) is 2.76. The smallest absolute Gasteiger partial charge is 0.272 e.